The zero-order chi connectivity index (χ0) is 46.1. The minimum Gasteiger partial charge on any atom is -0.458 e. The van der Waals surface area contributed by atoms with Gasteiger partial charge in [-0.1, -0.05) is 68.4 Å². The molecule has 4 N–H and O–H groups in total. The van der Waals surface area contributed by atoms with Gasteiger partial charge in [0.1, 0.15) is 42.0 Å². The molecule has 0 bridgehead atoms. The Hall–Kier alpha value is -5.94. The molecular weight excluding hydrogens is 821 g/mol. The fourth-order valence-corrected chi connectivity index (χ4v) is 6.86. The first-order valence-corrected chi connectivity index (χ1v) is 20.9. The van der Waals surface area contributed by atoms with Gasteiger partial charge < -0.3 is 39.8 Å². The molecule has 0 spiro atoms. The number of imide groups is 1. The van der Waals surface area contributed by atoms with Gasteiger partial charge in [-0.15, -0.1) is 0 Å². The van der Waals surface area contributed by atoms with E-state index in [-0.39, 0.29) is 38.8 Å². The number of rotatable bonds is 19. The first kappa shape index (κ1) is 49.7. The van der Waals surface area contributed by atoms with E-state index in [9.17, 15) is 37.5 Å². The predicted octanol–water partition coefficient (Wildman–Crippen LogP) is 4.64. The van der Waals surface area contributed by atoms with Crippen LogP contribution in [0.15, 0.2) is 78.9 Å². The molecule has 0 aromatic heterocycles. The number of hydrogen-bond donors (Lipinski definition) is 4. The zero-order valence-electron chi connectivity index (χ0n) is 36.6. The minimum absolute atomic E-state index is 0.00523. The standard InChI is InChI=1S/C46H59F2N5O10/c1-29(2)40(43(57)49-37(26-30-10-8-7-9-11-30)42(56)52-44(58)53-20-22-61-23-21-53)51-41(55)33(24-31-12-16-34(47)17-13-31)27-38(62-39(54)28-60-6)36(50-45(59)63-46(3,4)5)25-32-14-18-35(48)19-15-32/h7-19,29,33,36-38,40H,20-28H2,1-6H3,(H,49,57)(H,50,59)(H,51,55)(H,52,56,58). The van der Waals surface area contributed by atoms with Crippen molar-refractivity contribution in [1.29, 1.82) is 0 Å². The van der Waals surface area contributed by atoms with Crippen molar-refractivity contribution in [2.75, 3.05) is 40.0 Å². The van der Waals surface area contributed by atoms with Crippen molar-refractivity contribution in [1.82, 2.24) is 26.2 Å². The van der Waals surface area contributed by atoms with Crippen molar-refractivity contribution < 1.29 is 56.5 Å². The largest absolute Gasteiger partial charge is 0.458 e. The summed E-state index contributed by atoms with van der Waals surface area (Å²) in [5.41, 5.74) is 0.875. The van der Waals surface area contributed by atoms with Crippen molar-refractivity contribution in [3.05, 3.63) is 107 Å². The van der Waals surface area contributed by atoms with Crippen molar-refractivity contribution in [2.45, 2.75) is 90.1 Å². The molecule has 15 nitrogen and oxygen atoms in total. The van der Waals surface area contributed by atoms with Gasteiger partial charge in [-0.3, -0.25) is 19.7 Å². The highest BCUT2D eigenvalue weighted by Crippen LogP contribution is 2.23. The number of nitrogens with zero attached hydrogens (tertiary/aromatic N) is 1. The maximum absolute atomic E-state index is 14.6. The van der Waals surface area contributed by atoms with Crippen LogP contribution < -0.4 is 21.3 Å². The topological polar surface area (TPSA) is 191 Å². The molecule has 1 saturated heterocycles. The second-order valence-electron chi connectivity index (χ2n) is 16.7. The Balaban J connectivity index is 1.67. The molecule has 3 aromatic carbocycles. The summed E-state index contributed by atoms with van der Waals surface area (Å²) in [6, 6.07) is 15.7. The molecule has 3 aromatic rings. The van der Waals surface area contributed by atoms with Gasteiger partial charge in [-0.2, -0.15) is 0 Å². The molecule has 17 heteroatoms. The smallest absolute Gasteiger partial charge is 0.408 e. The second-order valence-corrected chi connectivity index (χ2v) is 16.7. The van der Waals surface area contributed by atoms with Crippen molar-refractivity contribution in [2.24, 2.45) is 11.8 Å². The van der Waals surface area contributed by atoms with Crippen LogP contribution in [0.2, 0.25) is 0 Å². The minimum atomic E-state index is -1.24. The Morgan fingerprint density at radius 1 is 0.730 bits per heavy atom. The molecule has 0 radical (unpaired) electrons. The Morgan fingerprint density at radius 3 is 1.86 bits per heavy atom. The van der Waals surface area contributed by atoms with Gasteiger partial charge in [0, 0.05) is 32.5 Å². The number of urea groups is 1. The van der Waals surface area contributed by atoms with E-state index in [1.165, 1.54) is 60.5 Å². The summed E-state index contributed by atoms with van der Waals surface area (Å²) in [4.78, 5) is 83.4. The molecular formula is C46H59F2N5O10. The summed E-state index contributed by atoms with van der Waals surface area (Å²) < 4.78 is 49.8. The molecule has 5 atom stereocenters. The van der Waals surface area contributed by atoms with Gasteiger partial charge in [0.2, 0.25) is 11.8 Å². The van der Waals surface area contributed by atoms with Gasteiger partial charge in [-0.05, 0) is 86.9 Å². The van der Waals surface area contributed by atoms with Crippen LogP contribution in [0, 0.1) is 23.5 Å². The Labute approximate surface area is 366 Å². The maximum atomic E-state index is 14.6. The number of hydrogen-bond acceptors (Lipinski definition) is 10. The summed E-state index contributed by atoms with van der Waals surface area (Å²) in [7, 11) is 1.29. The van der Waals surface area contributed by atoms with Crippen molar-refractivity contribution in [3.8, 4) is 0 Å². The molecule has 0 saturated carbocycles. The van der Waals surface area contributed by atoms with E-state index in [1.807, 2.05) is 0 Å². The lowest BCUT2D eigenvalue weighted by Crippen LogP contribution is -2.58. The quantitative estimate of drug-likeness (QED) is 0.124. The molecule has 6 amide bonds. The molecule has 5 unspecified atom stereocenters. The number of nitrogens with one attached hydrogen (secondary N) is 4. The Morgan fingerprint density at radius 2 is 1.30 bits per heavy atom. The number of carbonyl (C=O) groups is 6. The number of carbonyl (C=O) groups excluding carboxylic acids is 6. The van der Waals surface area contributed by atoms with Gasteiger partial charge in [0.15, 0.2) is 0 Å². The molecule has 4 rings (SSSR count). The van der Waals surface area contributed by atoms with Crippen LogP contribution >= 0.6 is 0 Å². The third kappa shape index (κ3) is 17.0. The van der Waals surface area contributed by atoms with Crippen LogP contribution in [0.3, 0.4) is 0 Å². The number of ether oxygens (including phenoxy) is 4. The third-order valence-electron chi connectivity index (χ3n) is 10.0. The average molecular weight is 880 g/mol. The molecule has 63 heavy (non-hydrogen) atoms. The molecule has 342 valence electrons. The molecule has 0 aliphatic carbocycles. The number of halogens is 2. The fraction of sp³-hybridized carbons (Fsp3) is 0.478. The summed E-state index contributed by atoms with van der Waals surface area (Å²) in [6.07, 6.45) is -2.33. The Bertz CT molecular complexity index is 1970. The normalized spacial score (nSPS) is 15.2. The van der Waals surface area contributed by atoms with Crippen LogP contribution in [0.4, 0.5) is 18.4 Å². The van der Waals surface area contributed by atoms with Crippen LogP contribution in [0.5, 0.6) is 0 Å². The van der Waals surface area contributed by atoms with Crippen molar-refractivity contribution >= 4 is 35.8 Å². The number of morpholine rings is 1. The van der Waals surface area contributed by atoms with E-state index in [1.54, 1.807) is 65.0 Å². The first-order chi connectivity index (χ1) is 29.9. The summed E-state index contributed by atoms with van der Waals surface area (Å²) >= 11 is 0. The van der Waals surface area contributed by atoms with E-state index in [0.29, 0.717) is 29.9 Å². The SMILES string of the molecule is COCC(=O)OC(CC(Cc1ccc(F)cc1)C(=O)NC(C(=O)NC(Cc1ccccc1)C(=O)NC(=O)N1CCOCC1)C(C)C)C(Cc1ccc(F)cc1)NC(=O)OC(C)(C)C. The third-order valence-corrected chi connectivity index (χ3v) is 10.0. The van der Waals surface area contributed by atoms with E-state index in [0.717, 1.165) is 0 Å². The number of amides is 6. The lowest BCUT2D eigenvalue weighted by molar-refractivity contribution is -0.156. The van der Waals surface area contributed by atoms with Gasteiger partial charge >= 0.3 is 18.1 Å². The molecule has 1 aliphatic heterocycles. The number of benzene rings is 3. The average Bonchev–Trinajstić information content (AvgIpc) is 3.23. The van der Waals surface area contributed by atoms with E-state index in [2.05, 4.69) is 21.3 Å². The first-order valence-electron chi connectivity index (χ1n) is 20.9. The maximum Gasteiger partial charge on any atom is 0.408 e. The highest BCUT2D eigenvalue weighted by atomic mass is 19.1. The van der Waals surface area contributed by atoms with Crippen LogP contribution in [0.1, 0.15) is 57.7 Å². The molecule has 1 fully saturated rings. The highest BCUT2D eigenvalue weighted by Gasteiger charge is 2.37. The van der Waals surface area contributed by atoms with Gasteiger partial charge in [-0.25, -0.2) is 23.2 Å². The summed E-state index contributed by atoms with van der Waals surface area (Å²) in [5, 5.41) is 10.8. The van der Waals surface area contributed by atoms with Crippen molar-refractivity contribution in [3.63, 3.8) is 0 Å². The van der Waals surface area contributed by atoms with Gasteiger partial charge in [0.25, 0.3) is 5.91 Å². The lowest BCUT2D eigenvalue weighted by Gasteiger charge is -2.32. The molecule has 1 heterocycles. The van der Waals surface area contributed by atoms with Gasteiger partial charge in [0.05, 0.1) is 19.3 Å². The van der Waals surface area contributed by atoms with E-state index >= 15 is 0 Å². The van der Waals surface area contributed by atoms with Crippen LogP contribution in [-0.4, -0.2) is 111 Å². The number of esters is 1. The fourth-order valence-electron chi connectivity index (χ4n) is 6.86. The summed E-state index contributed by atoms with van der Waals surface area (Å²) in [5.74, 6) is -5.56. The highest BCUT2D eigenvalue weighted by molar-refractivity contribution is 5.99. The van der Waals surface area contributed by atoms with Crippen LogP contribution in [0.25, 0.3) is 0 Å². The summed E-state index contributed by atoms with van der Waals surface area (Å²) in [6.45, 7) is 9.14. The number of alkyl carbamates (subject to hydrolysis) is 1. The predicted molar refractivity (Wildman–Crippen MR) is 228 cm³/mol. The zero-order valence-corrected chi connectivity index (χ0v) is 36.6. The molecule has 1 aliphatic rings. The van der Waals surface area contributed by atoms with Crippen LogP contribution in [-0.2, 0) is 57.4 Å². The Kier molecular flexibility index (Phi) is 19.0. The monoisotopic (exact) mass is 879 g/mol. The van der Waals surface area contributed by atoms with E-state index < -0.39 is 95.7 Å². The van der Waals surface area contributed by atoms with E-state index in [4.69, 9.17) is 18.9 Å². The second kappa shape index (κ2) is 24.1. The number of methoxy groups -OCH3 is 1. The lowest BCUT2D eigenvalue weighted by atomic mass is 9.88.